The number of pyridine rings is 1. The van der Waals surface area contributed by atoms with Crippen LogP contribution in [0.1, 0.15) is 30.5 Å². The van der Waals surface area contributed by atoms with Crippen molar-refractivity contribution in [3.05, 3.63) is 76.9 Å². The fourth-order valence-corrected chi connectivity index (χ4v) is 4.25. The molecular formula is C24H24BN6O. The van der Waals surface area contributed by atoms with Crippen molar-refractivity contribution in [1.82, 2.24) is 24.3 Å². The lowest BCUT2D eigenvalue weighted by molar-refractivity contribution is 0.594. The topological polar surface area (TPSA) is 77.6 Å². The van der Waals surface area contributed by atoms with E-state index in [1.54, 1.807) is 21.6 Å². The summed E-state index contributed by atoms with van der Waals surface area (Å²) in [5, 5.41) is 3.68. The summed E-state index contributed by atoms with van der Waals surface area (Å²) in [7, 11) is 2.04. The minimum atomic E-state index is -0.162. The van der Waals surface area contributed by atoms with E-state index in [4.69, 9.17) is 9.97 Å². The second kappa shape index (κ2) is 8.11. The first kappa shape index (κ1) is 20.2. The van der Waals surface area contributed by atoms with E-state index < -0.39 is 0 Å². The molecule has 1 aliphatic rings. The lowest BCUT2D eigenvalue weighted by Crippen LogP contribution is -2.22. The Balaban J connectivity index is 1.64. The molecule has 0 saturated heterocycles. The van der Waals surface area contributed by atoms with Gasteiger partial charge in [0, 0.05) is 17.6 Å². The number of allylic oxidation sites excluding steroid dienone is 1. The van der Waals surface area contributed by atoms with Crippen molar-refractivity contribution in [3.63, 3.8) is 0 Å². The summed E-state index contributed by atoms with van der Waals surface area (Å²) < 4.78 is 3.39. The lowest BCUT2D eigenvalue weighted by Gasteiger charge is -2.13. The van der Waals surface area contributed by atoms with Gasteiger partial charge < -0.3 is 5.32 Å². The molecule has 0 spiro atoms. The quantitative estimate of drug-likeness (QED) is 0.380. The number of hydrogen-bond acceptors (Lipinski definition) is 5. The first-order chi connectivity index (χ1) is 15.6. The average molecular weight is 423 g/mol. The molecule has 4 aromatic rings. The molecule has 1 aromatic carbocycles. The molecule has 1 N–H and O–H groups in total. The minimum absolute atomic E-state index is 0.162. The molecule has 1 atom stereocenters. The number of fused-ring (bicyclic) bond motifs is 2. The Hall–Kier alpha value is -3.68. The van der Waals surface area contributed by atoms with Crippen LogP contribution >= 0.6 is 0 Å². The summed E-state index contributed by atoms with van der Waals surface area (Å²) in [4.78, 5) is 27.1. The summed E-state index contributed by atoms with van der Waals surface area (Å²) in [5.74, 6) is 1.50. The molecule has 3 aromatic heterocycles. The maximum atomic E-state index is 13.1. The maximum absolute atomic E-state index is 13.1. The first-order valence-corrected chi connectivity index (χ1v) is 10.8. The van der Waals surface area contributed by atoms with Crippen molar-refractivity contribution >= 4 is 35.4 Å². The summed E-state index contributed by atoms with van der Waals surface area (Å²) >= 11 is 0. The van der Waals surface area contributed by atoms with Crippen LogP contribution in [0.25, 0.3) is 16.9 Å². The smallest absolute Gasteiger partial charge is 0.278 e. The molecule has 32 heavy (non-hydrogen) atoms. The molecular weight excluding hydrogens is 399 g/mol. The van der Waals surface area contributed by atoms with Crippen molar-refractivity contribution < 1.29 is 0 Å². The highest BCUT2D eigenvalue weighted by atomic mass is 16.1. The SMILES string of the molecule is C=CCn1c(=O)c2cnc(Nc3ccc([B]C)cc3)nc2n1-c1ccc2c(n1)[C@@H](C)CC2. The number of rotatable bonds is 6. The predicted octanol–water partition coefficient (Wildman–Crippen LogP) is 3.33. The van der Waals surface area contributed by atoms with Crippen LogP contribution in [0.3, 0.4) is 0 Å². The Labute approximate surface area is 187 Å². The van der Waals surface area contributed by atoms with Crippen LogP contribution in [0.15, 0.2) is 60.0 Å². The number of benzene rings is 1. The summed E-state index contributed by atoms with van der Waals surface area (Å²) in [5.41, 5.74) is 4.75. The van der Waals surface area contributed by atoms with Crippen LogP contribution in [-0.2, 0) is 13.0 Å². The zero-order valence-corrected chi connectivity index (χ0v) is 18.2. The molecule has 0 aliphatic heterocycles. The van der Waals surface area contributed by atoms with Gasteiger partial charge in [-0.15, -0.1) is 6.58 Å². The molecule has 3 heterocycles. The van der Waals surface area contributed by atoms with E-state index in [2.05, 4.69) is 29.9 Å². The third kappa shape index (κ3) is 3.41. The van der Waals surface area contributed by atoms with Crippen LogP contribution in [0.5, 0.6) is 0 Å². The van der Waals surface area contributed by atoms with Gasteiger partial charge in [0.2, 0.25) is 5.95 Å². The van der Waals surface area contributed by atoms with Crippen molar-refractivity contribution in [1.29, 1.82) is 0 Å². The Kier molecular flexibility index (Phi) is 5.13. The summed E-state index contributed by atoms with van der Waals surface area (Å²) in [6.45, 7) is 8.36. The van der Waals surface area contributed by atoms with Crippen LogP contribution in [-0.4, -0.2) is 31.6 Å². The predicted molar refractivity (Wildman–Crippen MR) is 129 cm³/mol. The number of nitrogens with zero attached hydrogens (tertiary/aromatic N) is 5. The second-order valence-electron chi connectivity index (χ2n) is 8.11. The molecule has 0 fully saturated rings. The van der Waals surface area contributed by atoms with Crippen molar-refractivity contribution in [3.8, 4) is 5.82 Å². The van der Waals surface area contributed by atoms with Gasteiger partial charge in [-0.2, -0.15) is 4.98 Å². The van der Waals surface area contributed by atoms with E-state index >= 15 is 0 Å². The molecule has 7 nitrogen and oxygen atoms in total. The van der Waals surface area contributed by atoms with Gasteiger partial charge in [-0.25, -0.2) is 19.3 Å². The number of aryl methyl sites for hydroxylation is 1. The van der Waals surface area contributed by atoms with E-state index in [-0.39, 0.29) is 5.56 Å². The highest BCUT2D eigenvalue weighted by Gasteiger charge is 2.23. The number of aromatic nitrogens is 5. The second-order valence-corrected chi connectivity index (χ2v) is 8.11. The van der Waals surface area contributed by atoms with Crippen LogP contribution < -0.4 is 16.3 Å². The number of anilines is 2. The molecule has 5 rings (SSSR count). The van der Waals surface area contributed by atoms with Crippen LogP contribution in [0.2, 0.25) is 6.82 Å². The largest absolute Gasteiger partial charge is 0.324 e. The number of nitrogens with one attached hydrogen (secondary N) is 1. The Bertz CT molecular complexity index is 1370. The van der Waals surface area contributed by atoms with E-state index in [1.807, 2.05) is 44.4 Å². The third-order valence-corrected chi connectivity index (χ3v) is 6.01. The lowest BCUT2D eigenvalue weighted by atomic mass is 9.73. The van der Waals surface area contributed by atoms with E-state index in [1.165, 1.54) is 5.56 Å². The number of hydrogen-bond donors (Lipinski definition) is 1. The normalized spacial score (nSPS) is 15.0. The molecule has 0 amide bonds. The zero-order chi connectivity index (χ0) is 22.2. The molecule has 1 radical (unpaired) electrons. The van der Waals surface area contributed by atoms with Crippen molar-refractivity contribution in [2.24, 2.45) is 0 Å². The zero-order valence-electron chi connectivity index (χ0n) is 18.2. The van der Waals surface area contributed by atoms with Gasteiger partial charge in [0.15, 0.2) is 11.5 Å². The van der Waals surface area contributed by atoms with Gasteiger partial charge in [-0.05, 0) is 42.5 Å². The Morgan fingerprint density at radius 3 is 2.78 bits per heavy atom. The van der Waals surface area contributed by atoms with E-state index in [0.29, 0.717) is 35.3 Å². The summed E-state index contributed by atoms with van der Waals surface area (Å²) in [6.07, 6.45) is 5.42. The van der Waals surface area contributed by atoms with Crippen molar-refractivity contribution in [2.75, 3.05) is 5.32 Å². The molecule has 0 bridgehead atoms. The monoisotopic (exact) mass is 423 g/mol. The van der Waals surface area contributed by atoms with Gasteiger partial charge in [-0.3, -0.25) is 4.79 Å². The van der Waals surface area contributed by atoms with E-state index in [9.17, 15) is 4.79 Å². The van der Waals surface area contributed by atoms with Gasteiger partial charge in [0.1, 0.15) is 12.7 Å². The van der Waals surface area contributed by atoms with E-state index in [0.717, 1.165) is 29.7 Å². The summed E-state index contributed by atoms with van der Waals surface area (Å²) in [6, 6.07) is 12.1. The standard InChI is InChI=1S/C24H24BN6O/c1-4-13-30-23(32)19-14-26-24(27-18-10-8-17(25-3)9-11-18)29-22(19)31(30)20-12-7-16-6-5-15(2)21(16)28-20/h4,7-12,14-15H,1,5-6,13H2,2-3H3,(H,26,27,29)/t15-/m0/s1. The van der Waals surface area contributed by atoms with Crippen LogP contribution in [0.4, 0.5) is 11.6 Å². The van der Waals surface area contributed by atoms with Crippen molar-refractivity contribution in [2.45, 2.75) is 39.1 Å². The third-order valence-electron chi connectivity index (χ3n) is 6.01. The Morgan fingerprint density at radius 1 is 1.22 bits per heavy atom. The van der Waals surface area contributed by atoms with Gasteiger partial charge in [0.25, 0.3) is 5.56 Å². The molecule has 0 unspecified atom stereocenters. The highest BCUT2D eigenvalue weighted by Crippen LogP contribution is 2.32. The van der Waals surface area contributed by atoms with Gasteiger partial charge >= 0.3 is 0 Å². The fraction of sp³-hybridized carbons (Fsp3) is 0.250. The van der Waals surface area contributed by atoms with Gasteiger partial charge in [-0.1, -0.05) is 43.5 Å². The first-order valence-electron chi connectivity index (χ1n) is 10.8. The average Bonchev–Trinajstić information content (AvgIpc) is 3.31. The maximum Gasteiger partial charge on any atom is 0.278 e. The van der Waals surface area contributed by atoms with Gasteiger partial charge in [0.05, 0.1) is 6.54 Å². The van der Waals surface area contributed by atoms with Crippen LogP contribution in [0, 0.1) is 0 Å². The Morgan fingerprint density at radius 2 is 2.03 bits per heavy atom. The highest BCUT2D eigenvalue weighted by molar-refractivity contribution is 6.51. The molecule has 1 aliphatic carbocycles. The molecule has 159 valence electrons. The molecule has 8 heteroatoms. The minimum Gasteiger partial charge on any atom is -0.324 e. The fourth-order valence-electron chi connectivity index (χ4n) is 4.25. The molecule has 0 saturated carbocycles.